The standard InChI is InChI=1S/C9H19N3O/c1-7(8(2)4-13)3-9-11-5-10-6-12-9/h4,7-12H,3,5-6H2,1-2H3. The third-order valence-corrected chi connectivity index (χ3v) is 2.67. The summed E-state index contributed by atoms with van der Waals surface area (Å²) < 4.78 is 0. The molecule has 0 spiro atoms. The molecule has 1 fully saturated rings. The maximum atomic E-state index is 10.5. The van der Waals surface area contributed by atoms with Gasteiger partial charge in [-0.2, -0.15) is 0 Å². The fourth-order valence-corrected chi connectivity index (χ4v) is 1.41. The summed E-state index contributed by atoms with van der Waals surface area (Å²) in [6, 6.07) is 0. The maximum absolute atomic E-state index is 10.5. The van der Waals surface area contributed by atoms with E-state index in [4.69, 9.17) is 0 Å². The Hall–Kier alpha value is -0.450. The molecule has 0 aromatic heterocycles. The quantitative estimate of drug-likeness (QED) is 0.534. The fraction of sp³-hybridized carbons (Fsp3) is 0.889. The molecule has 0 aliphatic carbocycles. The average Bonchev–Trinajstić information content (AvgIpc) is 2.18. The monoisotopic (exact) mass is 185 g/mol. The summed E-state index contributed by atoms with van der Waals surface area (Å²) in [6.45, 7) is 5.78. The summed E-state index contributed by atoms with van der Waals surface area (Å²) in [6.07, 6.45) is 2.38. The van der Waals surface area contributed by atoms with Crippen LogP contribution < -0.4 is 16.0 Å². The topological polar surface area (TPSA) is 53.2 Å². The molecule has 3 N–H and O–H groups in total. The molecule has 1 aliphatic heterocycles. The van der Waals surface area contributed by atoms with Gasteiger partial charge in [0.1, 0.15) is 6.29 Å². The van der Waals surface area contributed by atoms with Crippen molar-refractivity contribution in [2.24, 2.45) is 11.8 Å². The Kier molecular flexibility index (Phi) is 4.35. The third kappa shape index (κ3) is 3.42. The van der Waals surface area contributed by atoms with Crippen molar-refractivity contribution < 1.29 is 4.79 Å². The summed E-state index contributed by atoms with van der Waals surface area (Å²) >= 11 is 0. The molecule has 76 valence electrons. The van der Waals surface area contributed by atoms with Gasteiger partial charge in [0.15, 0.2) is 0 Å². The maximum Gasteiger partial charge on any atom is 0.123 e. The van der Waals surface area contributed by atoms with E-state index in [1.54, 1.807) is 0 Å². The van der Waals surface area contributed by atoms with Crippen molar-refractivity contribution in [3.63, 3.8) is 0 Å². The zero-order chi connectivity index (χ0) is 9.68. The van der Waals surface area contributed by atoms with Crippen molar-refractivity contribution in [1.29, 1.82) is 0 Å². The molecule has 0 saturated carbocycles. The van der Waals surface area contributed by atoms with Crippen LogP contribution >= 0.6 is 0 Å². The Balaban J connectivity index is 2.25. The van der Waals surface area contributed by atoms with E-state index in [0.717, 1.165) is 26.0 Å². The second-order valence-electron chi connectivity index (χ2n) is 3.77. The van der Waals surface area contributed by atoms with E-state index in [2.05, 4.69) is 22.9 Å². The molecule has 0 aromatic carbocycles. The van der Waals surface area contributed by atoms with Crippen molar-refractivity contribution in [3.05, 3.63) is 0 Å². The molecule has 2 atom stereocenters. The van der Waals surface area contributed by atoms with Gasteiger partial charge >= 0.3 is 0 Å². The van der Waals surface area contributed by atoms with Crippen LogP contribution in [0.3, 0.4) is 0 Å². The number of nitrogens with one attached hydrogen (secondary N) is 3. The van der Waals surface area contributed by atoms with E-state index in [1.807, 2.05) is 6.92 Å². The number of hydrogen-bond donors (Lipinski definition) is 3. The average molecular weight is 185 g/mol. The Morgan fingerprint density at radius 3 is 2.54 bits per heavy atom. The van der Waals surface area contributed by atoms with Gasteiger partial charge in [-0.15, -0.1) is 0 Å². The molecule has 1 heterocycles. The molecule has 0 aromatic rings. The van der Waals surface area contributed by atoms with Gasteiger partial charge in [-0.05, 0) is 12.3 Å². The van der Waals surface area contributed by atoms with Gasteiger partial charge in [0.25, 0.3) is 0 Å². The molecule has 1 saturated heterocycles. The van der Waals surface area contributed by atoms with Crippen LogP contribution in [0.15, 0.2) is 0 Å². The molecule has 4 nitrogen and oxygen atoms in total. The zero-order valence-corrected chi connectivity index (χ0v) is 8.34. The second kappa shape index (κ2) is 5.32. The van der Waals surface area contributed by atoms with E-state index in [1.165, 1.54) is 0 Å². The number of aldehydes is 1. The molecule has 1 aliphatic rings. The normalized spacial score (nSPS) is 23.8. The lowest BCUT2D eigenvalue weighted by atomic mass is 9.93. The highest BCUT2D eigenvalue weighted by atomic mass is 16.1. The largest absolute Gasteiger partial charge is 0.303 e. The summed E-state index contributed by atoms with van der Waals surface area (Å²) in [4.78, 5) is 10.5. The molecule has 0 radical (unpaired) electrons. The van der Waals surface area contributed by atoms with Crippen LogP contribution in [-0.4, -0.2) is 25.8 Å². The number of rotatable bonds is 4. The molecule has 4 heteroatoms. The van der Waals surface area contributed by atoms with Crippen LogP contribution in [0.25, 0.3) is 0 Å². The lowest BCUT2D eigenvalue weighted by molar-refractivity contribution is -0.112. The highest BCUT2D eigenvalue weighted by Gasteiger charge is 2.18. The number of hydrogen-bond acceptors (Lipinski definition) is 4. The van der Waals surface area contributed by atoms with Crippen LogP contribution in [-0.2, 0) is 4.79 Å². The minimum Gasteiger partial charge on any atom is -0.303 e. The van der Waals surface area contributed by atoms with Crippen LogP contribution in [0.4, 0.5) is 0 Å². The van der Waals surface area contributed by atoms with Gasteiger partial charge in [-0.1, -0.05) is 13.8 Å². The van der Waals surface area contributed by atoms with E-state index in [9.17, 15) is 4.79 Å². The Labute approximate surface area is 79.5 Å². The molecule has 0 bridgehead atoms. The van der Waals surface area contributed by atoms with E-state index >= 15 is 0 Å². The number of carbonyl (C=O) groups excluding carboxylic acids is 1. The van der Waals surface area contributed by atoms with Crippen molar-refractivity contribution in [3.8, 4) is 0 Å². The van der Waals surface area contributed by atoms with Crippen LogP contribution in [0.5, 0.6) is 0 Å². The highest BCUT2D eigenvalue weighted by molar-refractivity contribution is 5.53. The molecular weight excluding hydrogens is 166 g/mol. The van der Waals surface area contributed by atoms with Crippen LogP contribution in [0, 0.1) is 11.8 Å². The molecule has 1 rings (SSSR count). The molecule has 13 heavy (non-hydrogen) atoms. The first kappa shape index (κ1) is 10.6. The predicted octanol–water partition coefficient (Wildman–Crippen LogP) is -0.129. The summed E-state index contributed by atoms with van der Waals surface area (Å²) in [5.41, 5.74) is 0. The third-order valence-electron chi connectivity index (χ3n) is 2.67. The van der Waals surface area contributed by atoms with E-state index in [-0.39, 0.29) is 5.92 Å². The van der Waals surface area contributed by atoms with Crippen molar-refractivity contribution in [2.45, 2.75) is 26.4 Å². The lowest BCUT2D eigenvalue weighted by Crippen LogP contribution is -2.56. The molecule has 2 unspecified atom stereocenters. The first-order chi connectivity index (χ1) is 6.24. The van der Waals surface area contributed by atoms with Gasteiger partial charge in [-0.3, -0.25) is 16.0 Å². The van der Waals surface area contributed by atoms with Gasteiger partial charge in [0.2, 0.25) is 0 Å². The summed E-state index contributed by atoms with van der Waals surface area (Å²) in [7, 11) is 0. The Morgan fingerprint density at radius 2 is 2.00 bits per heavy atom. The van der Waals surface area contributed by atoms with Gasteiger partial charge in [0.05, 0.1) is 6.17 Å². The minimum absolute atomic E-state index is 0.151. The van der Waals surface area contributed by atoms with Crippen LogP contribution in [0.2, 0.25) is 0 Å². The molecular formula is C9H19N3O. The highest BCUT2D eigenvalue weighted by Crippen LogP contribution is 2.14. The lowest BCUT2D eigenvalue weighted by Gasteiger charge is -2.29. The van der Waals surface area contributed by atoms with Crippen LogP contribution in [0.1, 0.15) is 20.3 Å². The Morgan fingerprint density at radius 1 is 1.38 bits per heavy atom. The minimum atomic E-state index is 0.151. The Bertz CT molecular complexity index is 157. The van der Waals surface area contributed by atoms with Gasteiger partial charge in [-0.25, -0.2) is 0 Å². The SMILES string of the molecule is CC(C=O)C(C)CC1NCNCN1. The van der Waals surface area contributed by atoms with Crippen molar-refractivity contribution in [1.82, 2.24) is 16.0 Å². The number of carbonyl (C=O) groups is 1. The van der Waals surface area contributed by atoms with Gasteiger partial charge in [0, 0.05) is 19.3 Å². The summed E-state index contributed by atoms with van der Waals surface area (Å²) in [5.74, 6) is 0.582. The van der Waals surface area contributed by atoms with Crippen molar-refractivity contribution in [2.75, 3.05) is 13.3 Å². The van der Waals surface area contributed by atoms with Crippen molar-refractivity contribution >= 4 is 6.29 Å². The summed E-state index contributed by atoms with van der Waals surface area (Å²) in [5, 5.41) is 9.72. The molecule has 0 amide bonds. The zero-order valence-electron chi connectivity index (χ0n) is 8.34. The first-order valence-corrected chi connectivity index (χ1v) is 4.87. The van der Waals surface area contributed by atoms with E-state index in [0.29, 0.717) is 12.1 Å². The van der Waals surface area contributed by atoms with Gasteiger partial charge < -0.3 is 4.79 Å². The predicted molar refractivity (Wildman–Crippen MR) is 51.9 cm³/mol. The fourth-order valence-electron chi connectivity index (χ4n) is 1.41. The smallest absolute Gasteiger partial charge is 0.123 e. The second-order valence-corrected chi connectivity index (χ2v) is 3.77. The first-order valence-electron chi connectivity index (χ1n) is 4.87. The van der Waals surface area contributed by atoms with E-state index < -0.39 is 0 Å².